The van der Waals surface area contributed by atoms with Gasteiger partial charge in [-0.2, -0.15) is 0 Å². The first-order chi connectivity index (χ1) is 11.3. The normalized spacial score (nSPS) is 10.6. The summed E-state index contributed by atoms with van der Waals surface area (Å²) in [5, 5.41) is 5.56. The third-order valence-corrected chi connectivity index (χ3v) is 3.16. The minimum Gasteiger partial charge on any atom is -0.463 e. The molecule has 0 aliphatic carbocycles. The van der Waals surface area contributed by atoms with Gasteiger partial charge in [0.2, 0.25) is 11.8 Å². The number of rotatable bonds is 8. The second-order valence-corrected chi connectivity index (χ2v) is 6.16. The molecule has 0 atom stereocenters. The van der Waals surface area contributed by atoms with Gasteiger partial charge in [-0.05, 0) is 31.5 Å². The lowest BCUT2D eigenvalue weighted by atomic mass is 10.1. The fraction of sp³-hybridized carbons (Fsp3) is 0.500. The van der Waals surface area contributed by atoms with Crippen LogP contribution in [0, 0.1) is 5.92 Å². The highest BCUT2D eigenvalue weighted by atomic mass is 16.5. The number of nitrogens with one attached hydrogen (secondary N) is 2. The number of esters is 1. The van der Waals surface area contributed by atoms with Crippen LogP contribution < -0.4 is 10.6 Å². The van der Waals surface area contributed by atoms with Crippen molar-refractivity contribution >= 4 is 23.5 Å². The van der Waals surface area contributed by atoms with Crippen molar-refractivity contribution in [3.8, 4) is 0 Å². The summed E-state index contributed by atoms with van der Waals surface area (Å²) in [5.41, 5.74) is 1.64. The van der Waals surface area contributed by atoms with Crippen molar-refractivity contribution in [2.24, 2.45) is 5.92 Å². The van der Waals surface area contributed by atoms with Crippen LogP contribution in [0.15, 0.2) is 24.3 Å². The predicted octanol–water partition coefficient (Wildman–Crippen LogP) is 2.63. The van der Waals surface area contributed by atoms with Gasteiger partial charge in [0.25, 0.3) is 0 Å². The first kappa shape index (κ1) is 19.7. The number of carbonyl (C=O) groups excluding carboxylic acids is 3. The topological polar surface area (TPSA) is 84.5 Å². The van der Waals surface area contributed by atoms with Crippen molar-refractivity contribution in [3.63, 3.8) is 0 Å². The molecule has 2 amide bonds. The summed E-state index contributed by atoms with van der Waals surface area (Å²) >= 11 is 0. The van der Waals surface area contributed by atoms with Gasteiger partial charge in [-0.3, -0.25) is 14.4 Å². The molecule has 0 aliphatic heterocycles. The van der Waals surface area contributed by atoms with Crippen LogP contribution in [-0.4, -0.2) is 23.9 Å². The molecule has 1 aromatic rings. The molecule has 0 bridgehead atoms. The molecule has 24 heavy (non-hydrogen) atoms. The summed E-state index contributed by atoms with van der Waals surface area (Å²) < 4.78 is 4.97. The highest BCUT2D eigenvalue weighted by molar-refractivity contribution is 5.92. The molecule has 0 radical (unpaired) electrons. The molecular formula is C18H26N2O4. The number of hydrogen-bond acceptors (Lipinski definition) is 4. The molecule has 0 spiro atoms. The van der Waals surface area contributed by atoms with E-state index in [-0.39, 0.29) is 42.6 Å². The van der Waals surface area contributed by atoms with Gasteiger partial charge >= 0.3 is 5.97 Å². The number of amides is 2. The molecule has 0 saturated carbocycles. The number of hydrogen-bond donors (Lipinski definition) is 2. The maximum Gasteiger partial charge on any atom is 0.306 e. The molecule has 0 aliphatic rings. The molecule has 0 heterocycles. The Morgan fingerprint density at radius 2 is 1.62 bits per heavy atom. The molecule has 0 fully saturated rings. The van der Waals surface area contributed by atoms with Crippen LogP contribution >= 0.6 is 0 Å². The molecular weight excluding hydrogens is 308 g/mol. The summed E-state index contributed by atoms with van der Waals surface area (Å²) in [6.07, 6.45) is 0.00778. The third kappa shape index (κ3) is 7.76. The molecule has 2 N–H and O–H groups in total. The summed E-state index contributed by atoms with van der Waals surface area (Å²) in [5.74, 6) is -0.686. The minimum absolute atomic E-state index is 0.0377. The Kier molecular flexibility index (Phi) is 7.95. The van der Waals surface area contributed by atoms with E-state index in [0.29, 0.717) is 6.54 Å². The summed E-state index contributed by atoms with van der Waals surface area (Å²) in [4.78, 5) is 34.7. The SMILES string of the molecule is CC(C)OC(=O)CCC(=O)NCc1ccc(NC(=O)C(C)C)cc1. The van der Waals surface area contributed by atoms with E-state index in [1.54, 1.807) is 26.0 Å². The van der Waals surface area contributed by atoms with E-state index in [1.165, 1.54) is 0 Å². The van der Waals surface area contributed by atoms with Crippen molar-refractivity contribution in [3.05, 3.63) is 29.8 Å². The maximum atomic E-state index is 11.7. The molecule has 6 heteroatoms. The van der Waals surface area contributed by atoms with Crippen molar-refractivity contribution in [1.82, 2.24) is 5.32 Å². The summed E-state index contributed by atoms with van der Waals surface area (Å²) in [7, 11) is 0. The fourth-order valence-electron chi connectivity index (χ4n) is 1.82. The first-order valence-electron chi connectivity index (χ1n) is 8.14. The Labute approximate surface area is 143 Å². The van der Waals surface area contributed by atoms with Crippen molar-refractivity contribution in [1.29, 1.82) is 0 Å². The van der Waals surface area contributed by atoms with Crippen LogP contribution in [0.5, 0.6) is 0 Å². The highest BCUT2D eigenvalue weighted by Gasteiger charge is 2.10. The Hall–Kier alpha value is -2.37. The standard InChI is InChI=1S/C18H26N2O4/c1-12(2)18(23)20-15-7-5-14(6-8-15)11-19-16(21)9-10-17(22)24-13(3)4/h5-8,12-13H,9-11H2,1-4H3,(H,19,21)(H,20,23). The Balaban J connectivity index is 2.35. The lowest BCUT2D eigenvalue weighted by molar-refractivity contribution is -0.148. The predicted molar refractivity (Wildman–Crippen MR) is 92.2 cm³/mol. The Morgan fingerprint density at radius 3 is 2.17 bits per heavy atom. The third-order valence-electron chi connectivity index (χ3n) is 3.16. The molecule has 1 rings (SSSR count). The van der Waals surface area contributed by atoms with E-state index in [4.69, 9.17) is 4.74 Å². The monoisotopic (exact) mass is 334 g/mol. The second kappa shape index (κ2) is 9.70. The van der Waals surface area contributed by atoms with Gasteiger partial charge in [0, 0.05) is 24.6 Å². The zero-order chi connectivity index (χ0) is 18.1. The van der Waals surface area contributed by atoms with Crippen LogP contribution in [0.4, 0.5) is 5.69 Å². The smallest absolute Gasteiger partial charge is 0.306 e. The molecule has 0 aromatic heterocycles. The quantitative estimate of drug-likeness (QED) is 0.716. The van der Waals surface area contributed by atoms with Gasteiger partial charge in [0.1, 0.15) is 0 Å². The molecule has 0 unspecified atom stereocenters. The maximum absolute atomic E-state index is 11.7. The van der Waals surface area contributed by atoms with Crippen LogP contribution in [0.25, 0.3) is 0 Å². The first-order valence-corrected chi connectivity index (χ1v) is 8.14. The number of carbonyl (C=O) groups is 3. The van der Waals surface area contributed by atoms with E-state index < -0.39 is 0 Å². The van der Waals surface area contributed by atoms with E-state index in [2.05, 4.69) is 10.6 Å². The molecule has 6 nitrogen and oxygen atoms in total. The van der Waals surface area contributed by atoms with Crippen molar-refractivity contribution in [2.75, 3.05) is 5.32 Å². The van der Waals surface area contributed by atoms with E-state index >= 15 is 0 Å². The van der Waals surface area contributed by atoms with E-state index in [9.17, 15) is 14.4 Å². The molecule has 0 saturated heterocycles. The van der Waals surface area contributed by atoms with Crippen molar-refractivity contribution < 1.29 is 19.1 Å². The van der Waals surface area contributed by atoms with Crippen LogP contribution in [-0.2, 0) is 25.7 Å². The zero-order valence-corrected chi connectivity index (χ0v) is 14.7. The second-order valence-electron chi connectivity index (χ2n) is 6.16. The van der Waals surface area contributed by atoms with E-state index in [1.807, 2.05) is 26.0 Å². The lowest BCUT2D eigenvalue weighted by Gasteiger charge is -2.10. The fourth-order valence-corrected chi connectivity index (χ4v) is 1.82. The van der Waals surface area contributed by atoms with Gasteiger partial charge < -0.3 is 15.4 Å². The van der Waals surface area contributed by atoms with Crippen LogP contribution in [0.2, 0.25) is 0 Å². The van der Waals surface area contributed by atoms with Gasteiger partial charge in [0.05, 0.1) is 12.5 Å². The lowest BCUT2D eigenvalue weighted by Crippen LogP contribution is -2.24. The summed E-state index contributed by atoms with van der Waals surface area (Å²) in [6.45, 7) is 7.57. The number of ether oxygens (including phenoxy) is 1. The summed E-state index contributed by atoms with van der Waals surface area (Å²) in [6, 6.07) is 7.26. The van der Waals surface area contributed by atoms with E-state index in [0.717, 1.165) is 11.3 Å². The molecule has 1 aromatic carbocycles. The average Bonchev–Trinajstić information content (AvgIpc) is 2.51. The zero-order valence-electron chi connectivity index (χ0n) is 14.7. The Bertz CT molecular complexity index is 565. The largest absolute Gasteiger partial charge is 0.463 e. The number of benzene rings is 1. The van der Waals surface area contributed by atoms with Crippen LogP contribution in [0.3, 0.4) is 0 Å². The van der Waals surface area contributed by atoms with Gasteiger partial charge in [-0.25, -0.2) is 0 Å². The van der Waals surface area contributed by atoms with Crippen molar-refractivity contribution in [2.45, 2.75) is 53.2 Å². The van der Waals surface area contributed by atoms with Crippen LogP contribution in [0.1, 0.15) is 46.1 Å². The van der Waals surface area contributed by atoms with Gasteiger partial charge in [-0.15, -0.1) is 0 Å². The Morgan fingerprint density at radius 1 is 1.00 bits per heavy atom. The minimum atomic E-state index is -0.370. The average molecular weight is 334 g/mol. The molecule has 132 valence electrons. The highest BCUT2D eigenvalue weighted by Crippen LogP contribution is 2.11. The number of anilines is 1. The van der Waals surface area contributed by atoms with Gasteiger partial charge in [0.15, 0.2) is 0 Å². The van der Waals surface area contributed by atoms with Gasteiger partial charge in [-0.1, -0.05) is 26.0 Å².